The third kappa shape index (κ3) is 3.17. The summed E-state index contributed by atoms with van der Waals surface area (Å²) in [6.45, 7) is 7.88. The van der Waals surface area contributed by atoms with E-state index in [4.69, 9.17) is 5.73 Å². The van der Waals surface area contributed by atoms with Crippen molar-refractivity contribution in [3.63, 3.8) is 0 Å². The van der Waals surface area contributed by atoms with Gasteiger partial charge >= 0.3 is 0 Å². The van der Waals surface area contributed by atoms with E-state index in [1.807, 2.05) is 6.08 Å². The number of hydrogen-bond donors (Lipinski definition) is 1. The fourth-order valence-corrected chi connectivity index (χ4v) is 1.47. The molecule has 0 aliphatic carbocycles. The number of nitrogens with two attached hydrogens (primary N) is 1. The van der Waals surface area contributed by atoms with E-state index in [9.17, 15) is 0 Å². The summed E-state index contributed by atoms with van der Waals surface area (Å²) in [6, 6.07) is 6.48. The molecule has 0 radical (unpaired) electrons. The molecule has 1 aromatic carbocycles. The van der Waals surface area contributed by atoms with Gasteiger partial charge in [-0.05, 0) is 31.4 Å². The fraction of sp³-hybridized carbons (Fsp3) is 0.333. The third-order valence-electron chi connectivity index (χ3n) is 2.25. The zero-order valence-electron chi connectivity index (χ0n) is 8.79. The van der Waals surface area contributed by atoms with Crippen LogP contribution in [0.5, 0.6) is 0 Å². The molecule has 0 bridgehead atoms. The van der Waals surface area contributed by atoms with E-state index in [0.29, 0.717) is 0 Å². The van der Waals surface area contributed by atoms with Gasteiger partial charge < -0.3 is 5.73 Å². The summed E-state index contributed by atoms with van der Waals surface area (Å²) in [5.74, 6) is 0. The maximum atomic E-state index is 6.00. The normalized spacial score (nSPS) is 11.6. The summed E-state index contributed by atoms with van der Waals surface area (Å²) in [5.41, 5.74) is 9.77. The Labute approximate surface area is 92.4 Å². The maximum Gasteiger partial charge on any atom is 0.0332 e. The van der Waals surface area contributed by atoms with E-state index in [2.05, 4.69) is 38.6 Å². The smallest absolute Gasteiger partial charge is 0.0332 e. The topological polar surface area (TPSA) is 26.0 Å². The summed E-state index contributed by atoms with van der Waals surface area (Å²) in [5, 5.41) is 0. The van der Waals surface area contributed by atoms with Gasteiger partial charge in [0.1, 0.15) is 0 Å². The maximum absolute atomic E-state index is 6.00. The molecule has 1 nitrogen and oxygen atoms in total. The average molecular weight is 212 g/mol. The third-order valence-corrected chi connectivity index (χ3v) is 2.25. The van der Waals surface area contributed by atoms with E-state index < -0.39 is 0 Å². The molecule has 0 aliphatic heterocycles. The van der Waals surface area contributed by atoms with Crippen LogP contribution in [0.3, 0.4) is 0 Å². The molecule has 0 amide bonds. The van der Waals surface area contributed by atoms with Crippen molar-refractivity contribution in [3.05, 3.63) is 47.5 Å². The standard InChI is InChI=1S/C12H17N.ClH/c1-4-5-12(13)11-8-9(2)6-7-10(11)3;/h4,6-8,12H,1,5,13H2,2-3H3;1H/t12-;/m0./s1. The lowest BCUT2D eigenvalue weighted by Crippen LogP contribution is -2.10. The van der Waals surface area contributed by atoms with Crippen LogP contribution in [0.1, 0.15) is 29.2 Å². The Balaban J connectivity index is 0.00000169. The van der Waals surface area contributed by atoms with Crippen molar-refractivity contribution in [2.75, 3.05) is 0 Å². The highest BCUT2D eigenvalue weighted by molar-refractivity contribution is 5.85. The molecule has 2 heteroatoms. The lowest BCUT2D eigenvalue weighted by molar-refractivity contribution is 0.735. The van der Waals surface area contributed by atoms with Crippen LogP contribution in [-0.4, -0.2) is 0 Å². The van der Waals surface area contributed by atoms with Gasteiger partial charge in [-0.15, -0.1) is 19.0 Å². The van der Waals surface area contributed by atoms with Crippen LogP contribution in [0.4, 0.5) is 0 Å². The highest BCUT2D eigenvalue weighted by atomic mass is 35.5. The number of halogens is 1. The van der Waals surface area contributed by atoms with Gasteiger partial charge in [0.05, 0.1) is 0 Å². The molecule has 14 heavy (non-hydrogen) atoms. The van der Waals surface area contributed by atoms with Crippen molar-refractivity contribution < 1.29 is 0 Å². The SMILES string of the molecule is C=CC[C@H](N)c1cc(C)ccc1C.Cl. The molecule has 1 aromatic rings. The van der Waals surface area contributed by atoms with Crippen LogP contribution in [0.15, 0.2) is 30.9 Å². The van der Waals surface area contributed by atoms with Crippen LogP contribution in [0, 0.1) is 13.8 Å². The molecule has 0 heterocycles. The second-order valence-corrected chi connectivity index (χ2v) is 3.49. The molecule has 1 atom stereocenters. The molecule has 0 spiro atoms. The Bertz CT molecular complexity index is 307. The first-order valence-electron chi connectivity index (χ1n) is 4.58. The number of aryl methyl sites for hydroxylation is 2. The van der Waals surface area contributed by atoms with Gasteiger partial charge in [-0.1, -0.05) is 29.8 Å². The average Bonchev–Trinajstić information content (AvgIpc) is 2.09. The lowest BCUT2D eigenvalue weighted by Gasteiger charge is -2.13. The second kappa shape index (κ2) is 5.84. The minimum Gasteiger partial charge on any atom is -0.324 e. The number of rotatable bonds is 3. The zero-order chi connectivity index (χ0) is 9.84. The van der Waals surface area contributed by atoms with E-state index >= 15 is 0 Å². The Morgan fingerprint density at radius 2 is 2.07 bits per heavy atom. The molecule has 0 aromatic heterocycles. The van der Waals surface area contributed by atoms with Crippen molar-refractivity contribution in [3.8, 4) is 0 Å². The largest absolute Gasteiger partial charge is 0.324 e. The Hall–Kier alpha value is -0.790. The molecule has 0 saturated carbocycles. The minimum atomic E-state index is 0. The van der Waals surface area contributed by atoms with Crippen LogP contribution in [-0.2, 0) is 0 Å². The van der Waals surface area contributed by atoms with Gasteiger partial charge in [0.2, 0.25) is 0 Å². The quantitative estimate of drug-likeness (QED) is 0.763. The molecule has 0 saturated heterocycles. The molecule has 78 valence electrons. The van der Waals surface area contributed by atoms with E-state index in [0.717, 1.165) is 6.42 Å². The van der Waals surface area contributed by atoms with Gasteiger partial charge in [-0.2, -0.15) is 0 Å². The predicted octanol–water partition coefficient (Wildman–Crippen LogP) is 3.30. The Kier molecular flexibility index (Phi) is 5.51. The summed E-state index contributed by atoms with van der Waals surface area (Å²) in [6.07, 6.45) is 2.71. The van der Waals surface area contributed by atoms with Gasteiger partial charge in [-0.25, -0.2) is 0 Å². The van der Waals surface area contributed by atoms with Crippen molar-refractivity contribution in [1.29, 1.82) is 0 Å². The summed E-state index contributed by atoms with van der Waals surface area (Å²) >= 11 is 0. The van der Waals surface area contributed by atoms with Gasteiger partial charge in [0.15, 0.2) is 0 Å². The highest BCUT2D eigenvalue weighted by Crippen LogP contribution is 2.19. The second-order valence-electron chi connectivity index (χ2n) is 3.49. The molecular weight excluding hydrogens is 194 g/mol. The fourth-order valence-electron chi connectivity index (χ4n) is 1.47. The number of benzene rings is 1. The van der Waals surface area contributed by atoms with Gasteiger partial charge in [0, 0.05) is 6.04 Å². The first kappa shape index (κ1) is 13.2. The Morgan fingerprint density at radius 1 is 1.43 bits per heavy atom. The molecule has 2 N–H and O–H groups in total. The van der Waals surface area contributed by atoms with Crippen molar-refractivity contribution in [2.24, 2.45) is 5.73 Å². The summed E-state index contributed by atoms with van der Waals surface area (Å²) < 4.78 is 0. The van der Waals surface area contributed by atoms with Crippen LogP contribution >= 0.6 is 12.4 Å². The zero-order valence-corrected chi connectivity index (χ0v) is 9.60. The van der Waals surface area contributed by atoms with Crippen molar-refractivity contribution >= 4 is 12.4 Å². The first-order valence-corrected chi connectivity index (χ1v) is 4.58. The van der Waals surface area contributed by atoms with E-state index in [1.54, 1.807) is 0 Å². The molecule has 0 fully saturated rings. The minimum absolute atomic E-state index is 0. The molecule has 0 unspecified atom stereocenters. The van der Waals surface area contributed by atoms with E-state index in [-0.39, 0.29) is 18.4 Å². The Morgan fingerprint density at radius 3 is 2.64 bits per heavy atom. The van der Waals surface area contributed by atoms with Crippen LogP contribution in [0.25, 0.3) is 0 Å². The molecule has 0 aliphatic rings. The monoisotopic (exact) mass is 211 g/mol. The van der Waals surface area contributed by atoms with Crippen LogP contribution in [0.2, 0.25) is 0 Å². The van der Waals surface area contributed by atoms with E-state index in [1.165, 1.54) is 16.7 Å². The predicted molar refractivity (Wildman–Crippen MR) is 64.9 cm³/mol. The van der Waals surface area contributed by atoms with Crippen molar-refractivity contribution in [1.82, 2.24) is 0 Å². The molecular formula is C12H18ClN. The first-order chi connectivity index (χ1) is 6.15. The van der Waals surface area contributed by atoms with Gasteiger partial charge in [-0.3, -0.25) is 0 Å². The van der Waals surface area contributed by atoms with Crippen molar-refractivity contribution in [2.45, 2.75) is 26.3 Å². The molecule has 1 rings (SSSR count). The highest BCUT2D eigenvalue weighted by Gasteiger charge is 2.06. The summed E-state index contributed by atoms with van der Waals surface area (Å²) in [7, 11) is 0. The lowest BCUT2D eigenvalue weighted by atomic mass is 9.97. The number of hydrogen-bond acceptors (Lipinski definition) is 1. The van der Waals surface area contributed by atoms with Gasteiger partial charge in [0.25, 0.3) is 0 Å². The van der Waals surface area contributed by atoms with Crippen LogP contribution < -0.4 is 5.73 Å². The summed E-state index contributed by atoms with van der Waals surface area (Å²) in [4.78, 5) is 0.